The molecule has 5 heteroatoms. The normalized spacial score (nSPS) is 18.1. The van der Waals surface area contributed by atoms with Crippen LogP contribution in [0.2, 0.25) is 0 Å². The summed E-state index contributed by atoms with van der Waals surface area (Å²) in [6.45, 7) is 10.8. The van der Waals surface area contributed by atoms with E-state index < -0.39 is 5.60 Å². The lowest BCUT2D eigenvalue weighted by atomic mass is 10.1. The molecule has 0 aromatic carbocycles. The minimum atomic E-state index is -0.462. The number of hydrogen-bond acceptors (Lipinski definition) is 4. The van der Waals surface area contributed by atoms with Crippen molar-refractivity contribution in [3.8, 4) is 5.75 Å². The minimum absolute atomic E-state index is 0.0847. The minimum Gasteiger partial charge on any atom is -0.490 e. The van der Waals surface area contributed by atoms with Crippen LogP contribution in [0.3, 0.4) is 0 Å². The van der Waals surface area contributed by atoms with Crippen LogP contribution < -0.4 is 4.74 Å². The molecule has 5 nitrogen and oxygen atoms in total. The highest BCUT2D eigenvalue weighted by molar-refractivity contribution is 5.69. The first-order valence-electron chi connectivity index (χ1n) is 7.32. The lowest BCUT2D eigenvalue weighted by molar-refractivity contribution is -0.0141. The molecule has 0 radical (unpaired) electrons. The summed E-state index contributed by atoms with van der Waals surface area (Å²) in [6.07, 6.45) is 2.40. The summed E-state index contributed by atoms with van der Waals surface area (Å²) in [6, 6.07) is 2.06. The predicted molar refractivity (Wildman–Crippen MR) is 80.6 cm³/mol. The van der Waals surface area contributed by atoms with E-state index in [1.807, 2.05) is 40.7 Å². The van der Waals surface area contributed by atoms with Gasteiger partial charge in [0.1, 0.15) is 18.0 Å². The molecule has 0 spiro atoms. The lowest BCUT2D eigenvalue weighted by Gasteiger charge is -2.40. The number of aromatic nitrogens is 1. The van der Waals surface area contributed by atoms with Gasteiger partial charge in [0.05, 0.1) is 12.2 Å². The molecule has 116 valence electrons. The molecule has 1 aliphatic heterocycles. The molecule has 0 saturated carbocycles. The van der Waals surface area contributed by atoms with Crippen LogP contribution in [-0.4, -0.2) is 40.8 Å². The Hall–Kier alpha value is -1.78. The fraction of sp³-hybridized carbons (Fsp3) is 0.625. The first kappa shape index (κ1) is 15.6. The lowest BCUT2D eigenvalue weighted by Crippen LogP contribution is -2.55. The molecule has 21 heavy (non-hydrogen) atoms. The first-order valence-corrected chi connectivity index (χ1v) is 7.32. The maximum atomic E-state index is 12.0. The highest BCUT2D eigenvalue weighted by Crippen LogP contribution is 2.22. The molecule has 0 N–H and O–H groups in total. The molecule has 0 bridgehead atoms. The Morgan fingerprint density at radius 1 is 1.43 bits per heavy atom. The maximum absolute atomic E-state index is 12.0. The molecule has 0 aliphatic carbocycles. The van der Waals surface area contributed by atoms with E-state index in [9.17, 15) is 4.79 Å². The number of nitrogens with zero attached hydrogens (tertiary/aromatic N) is 2. The SMILES string of the molecule is Cc1cc(OC[C@@H]2CCN2C(=O)OC(C)(C)C)cnc1C. The Bertz CT molecular complexity index is 523. The Balaban J connectivity index is 1.86. The van der Waals surface area contributed by atoms with Crippen molar-refractivity contribution in [2.24, 2.45) is 0 Å². The van der Waals surface area contributed by atoms with E-state index in [1.165, 1.54) is 0 Å². The van der Waals surface area contributed by atoms with Crippen LogP contribution in [0, 0.1) is 13.8 Å². The number of pyridine rings is 1. The number of carbonyl (C=O) groups is 1. The molecular formula is C16H24N2O3. The standard InChI is InChI=1S/C16H24N2O3/c1-11-8-14(9-17-12(11)2)20-10-13-6-7-18(13)15(19)21-16(3,4)5/h8-9,13H,6-7,10H2,1-5H3/t13-/m0/s1. The van der Waals surface area contributed by atoms with Gasteiger partial charge in [0, 0.05) is 12.2 Å². The van der Waals surface area contributed by atoms with Crippen molar-refractivity contribution < 1.29 is 14.3 Å². The molecule has 1 aliphatic rings. The van der Waals surface area contributed by atoms with Gasteiger partial charge in [-0.05, 0) is 52.7 Å². The number of aryl methyl sites for hydroxylation is 2. The van der Waals surface area contributed by atoms with Gasteiger partial charge < -0.3 is 14.4 Å². The van der Waals surface area contributed by atoms with Crippen molar-refractivity contribution in [3.05, 3.63) is 23.5 Å². The van der Waals surface area contributed by atoms with Crippen LogP contribution in [0.1, 0.15) is 38.4 Å². The van der Waals surface area contributed by atoms with Gasteiger partial charge in [-0.3, -0.25) is 4.98 Å². The topological polar surface area (TPSA) is 51.7 Å². The van der Waals surface area contributed by atoms with Gasteiger partial charge in [-0.2, -0.15) is 0 Å². The summed E-state index contributed by atoms with van der Waals surface area (Å²) in [7, 11) is 0. The van der Waals surface area contributed by atoms with E-state index in [0.717, 1.165) is 30.0 Å². The van der Waals surface area contributed by atoms with Crippen LogP contribution in [0.25, 0.3) is 0 Å². The van der Waals surface area contributed by atoms with Gasteiger partial charge in [0.15, 0.2) is 0 Å². The van der Waals surface area contributed by atoms with Crippen LogP contribution in [-0.2, 0) is 4.74 Å². The third-order valence-electron chi connectivity index (χ3n) is 3.53. The van der Waals surface area contributed by atoms with E-state index in [4.69, 9.17) is 9.47 Å². The van der Waals surface area contributed by atoms with Gasteiger partial charge in [0.25, 0.3) is 0 Å². The second kappa shape index (κ2) is 5.92. The van der Waals surface area contributed by atoms with Gasteiger partial charge in [-0.25, -0.2) is 4.79 Å². The summed E-state index contributed by atoms with van der Waals surface area (Å²) >= 11 is 0. The van der Waals surface area contributed by atoms with E-state index in [2.05, 4.69) is 4.98 Å². The van der Waals surface area contributed by atoms with Gasteiger partial charge in [-0.15, -0.1) is 0 Å². The van der Waals surface area contributed by atoms with Crippen molar-refractivity contribution in [1.82, 2.24) is 9.88 Å². The average Bonchev–Trinajstić information content (AvgIpc) is 2.30. The maximum Gasteiger partial charge on any atom is 0.410 e. The fourth-order valence-corrected chi connectivity index (χ4v) is 2.06. The molecule has 1 atom stereocenters. The fourth-order valence-electron chi connectivity index (χ4n) is 2.06. The largest absolute Gasteiger partial charge is 0.490 e. The molecule has 1 aromatic rings. The van der Waals surface area contributed by atoms with Crippen molar-refractivity contribution in [2.75, 3.05) is 13.2 Å². The Labute approximate surface area is 126 Å². The molecule has 2 rings (SSSR count). The van der Waals surface area contributed by atoms with Crippen LogP contribution in [0.4, 0.5) is 4.79 Å². The number of rotatable bonds is 3. The zero-order valence-electron chi connectivity index (χ0n) is 13.5. The van der Waals surface area contributed by atoms with E-state index in [0.29, 0.717) is 6.61 Å². The number of hydrogen-bond donors (Lipinski definition) is 0. The molecule has 2 heterocycles. The summed E-state index contributed by atoms with van der Waals surface area (Å²) < 4.78 is 11.1. The van der Waals surface area contributed by atoms with Crippen LogP contribution in [0.5, 0.6) is 5.75 Å². The van der Waals surface area contributed by atoms with Crippen LogP contribution in [0.15, 0.2) is 12.3 Å². The first-order chi connectivity index (χ1) is 9.76. The number of ether oxygens (including phenoxy) is 2. The number of amides is 1. The third kappa shape index (κ3) is 4.09. The number of carbonyl (C=O) groups excluding carboxylic acids is 1. The average molecular weight is 292 g/mol. The second-order valence-electron chi connectivity index (χ2n) is 6.50. The van der Waals surface area contributed by atoms with Crippen molar-refractivity contribution in [1.29, 1.82) is 0 Å². The smallest absolute Gasteiger partial charge is 0.410 e. The van der Waals surface area contributed by atoms with Gasteiger partial charge in [0.2, 0.25) is 0 Å². The monoisotopic (exact) mass is 292 g/mol. The second-order valence-corrected chi connectivity index (χ2v) is 6.50. The van der Waals surface area contributed by atoms with Crippen molar-refractivity contribution in [2.45, 2.75) is 52.7 Å². The zero-order chi connectivity index (χ0) is 15.6. The van der Waals surface area contributed by atoms with E-state index in [1.54, 1.807) is 11.1 Å². The van der Waals surface area contributed by atoms with E-state index in [-0.39, 0.29) is 12.1 Å². The van der Waals surface area contributed by atoms with Crippen LogP contribution >= 0.6 is 0 Å². The molecule has 1 fully saturated rings. The highest BCUT2D eigenvalue weighted by Gasteiger charge is 2.35. The summed E-state index contributed by atoms with van der Waals surface area (Å²) in [4.78, 5) is 18.0. The zero-order valence-corrected chi connectivity index (χ0v) is 13.5. The van der Waals surface area contributed by atoms with Crippen molar-refractivity contribution in [3.63, 3.8) is 0 Å². The Morgan fingerprint density at radius 2 is 2.14 bits per heavy atom. The van der Waals surface area contributed by atoms with E-state index >= 15 is 0 Å². The highest BCUT2D eigenvalue weighted by atomic mass is 16.6. The van der Waals surface area contributed by atoms with Gasteiger partial charge >= 0.3 is 6.09 Å². The Kier molecular flexibility index (Phi) is 4.40. The third-order valence-corrected chi connectivity index (χ3v) is 3.53. The Morgan fingerprint density at radius 3 is 2.67 bits per heavy atom. The molecule has 1 aromatic heterocycles. The molecule has 0 unspecified atom stereocenters. The number of likely N-dealkylation sites (tertiary alicyclic amines) is 1. The predicted octanol–water partition coefficient (Wildman–Crippen LogP) is 3.09. The summed E-state index contributed by atoms with van der Waals surface area (Å²) in [5.41, 5.74) is 1.64. The molecular weight excluding hydrogens is 268 g/mol. The van der Waals surface area contributed by atoms with Gasteiger partial charge in [-0.1, -0.05) is 0 Å². The quantitative estimate of drug-likeness (QED) is 0.859. The molecule has 1 saturated heterocycles. The summed E-state index contributed by atoms with van der Waals surface area (Å²) in [5.74, 6) is 0.745. The van der Waals surface area contributed by atoms with Crippen molar-refractivity contribution >= 4 is 6.09 Å². The summed E-state index contributed by atoms with van der Waals surface area (Å²) in [5, 5.41) is 0. The molecule has 1 amide bonds.